The SMILES string of the molecule is C=CC1(C)OC(C)(C)OC1CC=O. The molecule has 1 aliphatic heterocycles. The fourth-order valence-corrected chi connectivity index (χ4v) is 1.62. The van der Waals surface area contributed by atoms with Crippen molar-refractivity contribution in [2.24, 2.45) is 0 Å². The van der Waals surface area contributed by atoms with E-state index in [0.717, 1.165) is 6.29 Å². The van der Waals surface area contributed by atoms with Crippen molar-refractivity contribution < 1.29 is 14.3 Å². The lowest BCUT2D eigenvalue weighted by Gasteiger charge is -2.23. The Morgan fingerprint density at radius 1 is 1.46 bits per heavy atom. The lowest BCUT2D eigenvalue weighted by atomic mass is 9.97. The van der Waals surface area contributed by atoms with Crippen LogP contribution in [0.4, 0.5) is 0 Å². The van der Waals surface area contributed by atoms with Crippen LogP contribution in [0.1, 0.15) is 27.2 Å². The summed E-state index contributed by atoms with van der Waals surface area (Å²) in [4.78, 5) is 10.4. The van der Waals surface area contributed by atoms with Crippen LogP contribution in [0.25, 0.3) is 0 Å². The Morgan fingerprint density at radius 2 is 2.08 bits per heavy atom. The largest absolute Gasteiger partial charge is 0.343 e. The van der Waals surface area contributed by atoms with Gasteiger partial charge in [-0.25, -0.2) is 0 Å². The van der Waals surface area contributed by atoms with E-state index in [0.29, 0.717) is 6.42 Å². The van der Waals surface area contributed by atoms with Gasteiger partial charge in [-0.3, -0.25) is 0 Å². The van der Waals surface area contributed by atoms with Gasteiger partial charge in [0.15, 0.2) is 5.79 Å². The standard InChI is InChI=1S/C10H16O3/c1-5-10(4)8(6-7-11)12-9(2,3)13-10/h5,7-8H,1,6H2,2-4H3. The fraction of sp³-hybridized carbons (Fsp3) is 0.700. The number of aldehydes is 1. The summed E-state index contributed by atoms with van der Waals surface area (Å²) < 4.78 is 11.2. The van der Waals surface area contributed by atoms with Gasteiger partial charge in [0.1, 0.15) is 11.9 Å². The number of carbonyl (C=O) groups is 1. The molecule has 1 fully saturated rings. The minimum atomic E-state index is -0.628. The van der Waals surface area contributed by atoms with Crippen LogP contribution in [0.5, 0.6) is 0 Å². The highest BCUT2D eigenvalue weighted by Crippen LogP contribution is 2.37. The van der Waals surface area contributed by atoms with Gasteiger partial charge in [0.2, 0.25) is 0 Å². The van der Waals surface area contributed by atoms with Crippen LogP contribution in [0.3, 0.4) is 0 Å². The van der Waals surface area contributed by atoms with E-state index >= 15 is 0 Å². The molecule has 3 nitrogen and oxygen atoms in total. The molecule has 2 atom stereocenters. The van der Waals surface area contributed by atoms with Crippen LogP contribution in [-0.2, 0) is 14.3 Å². The summed E-state index contributed by atoms with van der Waals surface area (Å²) in [6.07, 6.45) is 2.65. The van der Waals surface area contributed by atoms with E-state index in [1.807, 2.05) is 20.8 Å². The van der Waals surface area contributed by atoms with Crippen molar-refractivity contribution in [2.45, 2.75) is 44.7 Å². The predicted molar refractivity (Wildman–Crippen MR) is 49.3 cm³/mol. The van der Waals surface area contributed by atoms with E-state index in [1.54, 1.807) is 6.08 Å². The maximum atomic E-state index is 10.4. The monoisotopic (exact) mass is 184 g/mol. The van der Waals surface area contributed by atoms with Crippen molar-refractivity contribution in [3.05, 3.63) is 12.7 Å². The molecule has 13 heavy (non-hydrogen) atoms. The Hall–Kier alpha value is -0.670. The first-order valence-electron chi connectivity index (χ1n) is 4.39. The summed E-state index contributed by atoms with van der Waals surface area (Å²) >= 11 is 0. The van der Waals surface area contributed by atoms with Crippen molar-refractivity contribution in [1.82, 2.24) is 0 Å². The first kappa shape index (κ1) is 10.4. The van der Waals surface area contributed by atoms with Gasteiger partial charge < -0.3 is 14.3 Å². The van der Waals surface area contributed by atoms with Crippen LogP contribution in [-0.4, -0.2) is 23.8 Å². The third kappa shape index (κ3) is 1.98. The second kappa shape index (κ2) is 3.24. The van der Waals surface area contributed by atoms with Gasteiger partial charge in [0.25, 0.3) is 0 Å². The average molecular weight is 184 g/mol. The summed E-state index contributed by atoms with van der Waals surface area (Å²) in [5, 5.41) is 0. The van der Waals surface area contributed by atoms with Gasteiger partial charge in [0, 0.05) is 6.42 Å². The van der Waals surface area contributed by atoms with E-state index in [2.05, 4.69) is 6.58 Å². The zero-order chi connectivity index (χ0) is 10.1. The number of rotatable bonds is 3. The van der Waals surface area contributed by atoms with E-state index < -0.39 is 11.4 Å². The maximum absolute atomic E-state index is 10.4. The molecule has 0 aliphatic carbocycles. The first-order valence-corrected chi connectivity index (χ1v) is 4.39. The quantitative estimate of drug-likeness (QED) is 0.494. The Kier molecular flexibility index (Phi) is 2.59. The molecule has 1 saturated heterocycles. The Balaban J connectivity index is 2.82. The van der Waals surface area contributed by atoms with Crippen molar-refractivity contribution in [3.8, 4) is 0 Å². The summed E-state index contributed by atoms with van der Waals surface area (Å²) in [5.41, 5.74) is -0.551. The summed E-state index contributed by atoms with van der Waals surface area (Å²) in [6, 6.07) is 0. The third-order valence-corrected chi connectivity index (χ3v) is 2.25. The fourth-order valence-electron chi connectivity index (χ4n) is 1.62. The molecular formula is C10H16O3. The van der Waals surface area contributed by atoms with E-state index in [-0.39, 0.29) is 6.10 Å². The summed E-state index contributed by atoms with van der Waals surface area (Å²) in [5.74, 6) is -0.628. The zero-order valence-corrected chi connectivity index (χ0v) is 8.37. The van der Waals surface area contributed by atoms with Crippen LogP contribution >= 0.6 is 0 Å². The van der Waals surface area contributed by atoms with Gasteiger partial charge in [-0.15, -0.1) is 6.58 Å². The highest BCUT2D eigenvalue weighted by Gasteiger charge is 2.47. The molecule has 1 heterocycles. The zero-order valence-electron chi connectivity index (χ0n) is 8.37. The second-order valence-corrected chi connectivity index (χ2v) is 3.90. The smallest absolute Gasteiger partial charge is 0.164 e. The van der Waals surface area contributed by atoms with E-state index in [4.69, 9.17) is 9.47 Å². The van der Waals surface area contributed by atoms with Gasteiger partial charge in [0.05, 0.1) is 6.10 Å². The normalized spacial score (nSPS) is 37.3. The molecule has 1 aliphatic rings. The number of carbonyl (C=O) groups excluding carboxylic acids is 1. The number of ether oxygens (including phenoxy) is 2. The van der Waals surface area contributed by atoms with Crippen molar-refractivity contribution in [3.63, 3.8) is 0 Å². The molecule has 0 N–H and O–H groups in total. The molecule has 2 unspecified atom stereocenters. The maximum Gasteiger partial charge on any atom is 0.164 e. The van der Waals surface area contributed by atoms with Gasteiger partial charge >= 0.3 is 0 Å². The Labute approximate surface area is 78.7 Å². The number of hydrogen-bond donors (Lipinski definition) is 0. The lowest BCUT2D eigenvalue weighted by Crippen LogP contribution is -2.34. The highest BCUT2D eigenvalue weighted by molar-refractivity contribution is 5.51. The molecule has 1 rings (SSSR count). The van der Waals surface area contributed by atoms with Crippen molar-refractivity contribution in [2.75, 3.05) is 0 Å². The van der Waals surface area contributed by atoms with Crippen molar-refractivity contribution in [1.29, 1.82) is 0 Å². The lowest BCUT2D eigenvalue weighted by molar-refractivity contribution is -0.153. The predicted octanol–water partition coefficient (Wildman–Crippen LogP) is 1.67. The molecule has 0 bridgehead atoms. The highest BCUT2D eigenvalue weighted by atomic mass is 16.8. The molecule has 74 valence electrons. The minimum absolute atomic E-state index is 0.225. The van der Waals surface area contributed by atoms with Gasteiger partial charge in [-0.05, 0) is 20.8 Å². The molecular weight excluding hydrogens is 168 g/mol. The number of hydrogen-bond acceptors (Lipinski definition) is 3. The molecule has 0 spiro atoms. The summed E-state index contributed by atoms with van der Waals surface area (Å²) in [7, 11) is 0. The molecule has 3 heteroatoms. The Morgan fingerprint density at radius 3 is 2.54 bits per heavy atom. The second-order valence-electron chi connectivity index (χ2n) is 3.90. The van der Waals surface area contributed by atoms with Crippen LogP contribution in [0.2, 0.25) is 0 Å². The average Bonchev–Trinajstić information content (AvgIpc) is 2.24. The first-order chi connectivity index (χ1) is 5.93. The molecule has 0 saturated carbocycles. The minimum Gasteiger partial charge on any atom is -0.343 e. The molecule has 0 aromatic rings. The van der Waals surface area contributed by atoms with Crippen LogP contribution < -0.4 is 0 Å². The summed E-state index contributed by atoms with van der Waals surface area (Å²) in [6.45, 7) is 9.24. The Bertz CT molecular complexity index is 222. The third-order valence-electron chi connectivity index (χ3n) is 2.25. The molecule has 0 radical (unpaired) electrons. The van der Waals surface area contributed by atoms with Crippen molar-refractivity contribution >= 4 is 6.29 Å². The molecule has 0 amide bonds. The molecule has 0 aromatic carbocycles. The van der Waals surface area contributed by atoms with Crippen LogP contribution in [0.15, 0.2) is 12.7 Å². The molecule has 0 aromatic heterocycles. The van der Waals surface area contributed by atoms with Gasteiger partial charge in [-0.2, -0.15) is 0 Å². The van der Waals surface area contributed by atoms with Crippen LogP contribution in [0, 0.1) is 0 Å². The topological polar surface area (TPSA) is 35.5 Å². The van der Waals surface area contributed by atoms with E-state index in [1.165, 1.54) is 0 Å². The van der Waals surface area contributed by atoms with E-state index in [9.17, 15) is 4.79 Å². The van der Waals surface area contributed by atoms with Gasteiger partial charge in [-0.1, -0.05) is 6.08 Å².